The fourth-order valence-corrected chi connectivity index (χ4v) is 0.714. The van der Waals surface area contributed by atoms with Gasteiger partial charge in [-0.25, -0.2) is 0 Å². The Morgan fingerprint density at radius 1 is 1.45 bits per heavy atom. The Labute approximate surface area is 71.1 Å². The number of hydrogen-bond acceptors (Lipinski definition) is 2. The van der Waals surface area contributed by atoms with Gasteiger partial charge in [0.25, 0.3) is 0 Å². The van der Waals surface area contributed by atoms with Crippen molar-refractivity contribution in [2.24, 2.45) is 0 Å². The second-order valence-corrected chi connectivity index (χ2v) is 2.58. The van der Waals surface area contributed by atoms with Crippen LogP contribution in [0, 0.1) is 0 Å². The smallest absolute Gasteiger partial charge is 0.221 e. The van der Waals surface area contributed by atoms with Crippen molar-refractivity contribution in [3.63, 3.8) is 0 Å². The topological polar surface area (TPSA) is 46.2 Å². The molecule has 4 heteroatoms. The minimum atomic E-state index is -0.351. The summed E-state index contributed by atoms with van der Waals surface area (Å²) in [5.74, 6) is 0.00650. The molecule has 1 N–H and O–H groups in total. The highest BCUT2D eigenvalue weighted by atomic mass is 35.5. The second kappa shape index (κ2) is 6.16. The van der Waals surface area contributed by atoms with E-state index < -0.39 is 0 Å². The van der Waals surface area contributed by atoms with Gasteiger partial charge in [-0.05, 0) is 18.0 Å². The maximum atomic E-state index is 10.6. The zero-order valence-electron chi connectivity index (χ0n) is 6.52. The van der Waals surface area contributed by atoms with E-state index >= 15 is 0 Å². The SMILES string of the molecule is CCC(=O)NCCCC(=O)Cl. The van der Waals surface area contributed by atoms with E-state index in [0.29, 0.717) is 25.8 Å². The van der Waals surface area contributed by atoms with Gasteiger partial charge in [-0.3, -0.25) is 9.59 Å². The summed E-state index contributed by atoms with van der Waals surface area (Å²) < 4.78 is 0. The molecular weight excluding hydrogens is 166 g/mol. The van der Waals surface area contributed by atoms with Gasteiger partial charge >= 0.3 is 0 Å². The largest absolute Gasteiger partial charge is 0.356 e. The van der Waals surface area contributed by atoms with Gasteiger partial charge in [0.2, 0.25) is 11.1 Å². The molecule has 0 spiro atoms. The van der Waals surface area contributed by atoms with Gasteiger partial charge in [-0.15, -0.1) is 0 Å². The van der Waals surface area contributed by atoms with Crippen molar-refractivity contribution >= 4 is 22.8 Å². The lowest BCUT2D eigenvalue weighted by molar-refractivity contribution is -0.121. The summed E-state index contributed by atoms with van der Waals surface area (Å²) in [4.78, 5) is 20.8. The third-order valence-corrected chi connectivity index (χ3v) is 1.38. The molecule has 0 aromatic carbocycles. The van der Waals surface area contributed by atoms with Gasteiger partial charge in [0.05, 0.1) is 0 Å². The molecule has 1 amide bonds. The molecule has 11 heavy (non-hydrogen) atoms. The Hall–Kier alpha value is -0.570. The molecule has 0 aliphatic carbocycles. The number of hydrogen-bond donors (Lipinski definition) is 1. The Morgan fingerprint density at radius 2 is 2.09 bits per heavy atom. The van der Waals surface area contributed by atoms with Gasteiger partial charge in [0.15, 0.2) is 0 Å². The Balaban J connectivity index is 3.14. The van der Waals surface area contributed by atoms with Crippen LogP contribution >= 0.6 is 11.6 Å². The number of nitrogens with one attached hydrogen (secondary N) is 1. The molecule has 0 rings (SSSR count). The second-order valence-electron chi connectivity index (χ2n) is 2.16. The minimum absolute atomic E-state index is 0.00650. The van der Waals surface area contributed by atoms with Gasteiger partial charge < -0.3 is 5.32 Å². The highest BCUT2D eigenvalue weighted by molar-refractivity contribution is 6.63. The first-order valence-corrected chi connectivity index (χ1v) is 3.99. The van der Waals surface area contributed by atoms with Crippen LogP contribution in [0.4, 0.5) is 0 Å². The third kappa shape index (κ3) is 7.33. The highest BCUT2D eigenvalue weighted by Crippen LogP contribution is 1.92. The first-order chi connectivity index (χ1) is 5.16. The zero-order valence-corrected chi connectivity index (χ0v) is 7.28. The van der Waals surface area contributed by atoms with E-state index in [0.717, 1.165) is 0 Å². The van der Waals surface area contributed by atoms with Crippen molar-refractivity contribution in [3.05, 3.63) is 0 Å². The lowest BCUT2D eigenvalue weighted by Crippen LogP contribution is -2.23. The summed E-state index contributed by atoms with van der Waals surface area (Å²) in [5.41, 5.74) is 0. The summed E-state index contributed by atoms with van der Waals surface area (Å²) in [5, 5.41) is 2.29. The number of carbonyl (C=O) groups excluding carboxylic acids is 2. The predicted octanol–water partition coefficient (Wildman–Crippen LogP) is 1.06. The lowest BCUT2D eigenvalue weighted by atomic mass is 10.3. The third-order valence-electron chi connectivity index (χ3n) is 1.19. The van der Waals surface area contributed by atoms with Crippen LogP contribution in [0.1, 0.15) is 26.2 Å². The Bertz CT molecular complexity index is 147. The molecule has 0 aliphatic rings. The van der Waals surface area contributed by atoms with E-state index in [1.165, 1.54) is 0 Å². The first-order valence-electron chi connectivity index (χ1n) is 3.61. The molecule has 0 aromatic heterocycles. The van der Waals surface area contributed by atoms with E-state index in [-0.39, 0.29) is 11.1 Å². The normalized spacial score (nSPS) is 9.27. The van der Waals surface area contributed by atoms with Crippen LogP contribution in [0.5, 0.6) is 0 Å². The fraction of sp³-hybridized carbons (Fsp3) is 0.714. The van der Waals surface area contributed by atoms with Crippen LogP contribution in [0.25, 0.3) is 0 Å². The first kappa shape index (κ1) is 10.4. The van der Waals surface area contributed by atoms with Crippen LogP contribution < -0.4 is 5.32 Å². The molecule has 0 bridgehead atoms. The van der Waals surface area contributed by atoms with Crippen LogP contribution in [0.3, 0.4) is 0 Å². The molecule has 64 valence electrons. The number of carbonyl (C=O) groups is 2. The summed E-state index contributed by atoms with van der Waals surface area (Å²) in [7, 11) is 0. The van der Waals surface area contributed by atoms with Crippen LogP contribution in [-0.4, -0.2) is 17.7 Å². The molecule has 3 nitrogen and oxygen atoms in total. The number of rotatable bonds is 5. The molecule has 0 heterocycles. The summed E-state index contributed by atoms with van der Waals surface area (Å²) >= 11 is 5.08. The zero-order chi connectivity index (χ0) is 8.69. The van der Waals surface area contributed by atoms with Crippen LogP contribution in [-0.2, 0) is 9.59 Å². The molecule has 0 saturated heterocycles. The van der Waals surface area contributed by atoms with E-state index in [1.54, 1.807) is 6.92 Å². The quantitative estimate of drug-likeness (QED) is 0.504. The fourth-order valence-electron chi connectivity index (χ4n) is 0.580. The molecule has 0 aromatic rings. The molecule has 0 unspecified atom stereocenters. The molecule has 0 saturated carbocycles. The molecular formula is C7H12ClNO2. The van der Waals surface area contributed by atoms with Crippen molar-refractivity contribution in [1.29, 1.82) is 0 Å². The van der Waals surface area contributed by atoms with E-state index in [2.05, 4.69) is 5.32 Å². The molecule has 0 radical (unpaired) electrons. The van der Waals surface area contributed by atoms with Gasteiger partial charge in [-0.1, -0.05) is 6.92 Å². The molecule has 0 aliphatic heterocycles. The van der Waals surface area contributed by atoms with Crippen molar-refractivity contribution in [3.8, 4) is 0 Å². The van der Waals surface area contributed by atoms with Crippen molar-refractivity contribution in [2.45, 2.75) is 26.2 Å². The lowest BCUT2D eigenvalue weighted by Gasteiger charge is -1.99. The van der Waals surface area contributed by atoms with Crippen LogP contribution in [0.15, 0.2) is 0 Å². The Morgan fingerprint density at radius 3 is 2.55 bits per heavy atom. The standard InChI is InChI=1S/C7H12ClNO2/c1-2-7(11)9-5-3-4-6(8)10/h2-5H2,1H3,(H,9,11). The van der Waals surface area contributed by atoms with Crippen molar-refractivity contribution < 1.29 is 9.59 Å². The maximum absolute atomic E-state index is 10.6. The van der Waals surface area contributed by atoms with E-state index in [1.807, 2.05) is 0 Å². The monoisotopic (exact) mass is 177 g/mol. The number of halogens is 1. The average Bonchev–Trinajstić information content (AvgIpc) is 1.97. The maximum Gasteiger partial charge on any atom is 0.221 e. The van der Waals surface area contributed by atoms with E-state index in [9.17, 15) is 9.59 Å². The van der Waals surface area contributed by atoms with Crippen molar-refractivity contribution in [1.82, 2.24) is 5.32 Å². The summed E-state index contributed by atoms with van der Waals surface area (Å²) in [6.07, 6.45) is 1.43. The highest BCUT2D eigenvalue weighted by Gasteiger charge is 1.97. The summed E-state index contributed by atoms with van der Waals surface area (Å²) in [6.45, 7) is 2.31. The Kier molecular flexibility index (Phi) is 5.84. The van der Waals surface area contributed by atoms with Gasteiger partial charge in [-0.2, -0.15) is 0 Å². The number of amides is 1. The average molecular weight is 178 g/mol. The van der Waals surface area contributed by atoms with E-state index in [4.69, 9.17) is 11.6 Å². The van der Waals surface area contributed by atoms with Crippen molar-refractivity contribution in [2.75, 3.05) is 6.54 Å². The molecule has 0 fully saturated rings. The minimum Gasteiger partial charge on any atom is -0.356 e. The predicted molar refractivity (Wildman–Crippen MR) is 43.4 cm³/mol. The van der Waals surface area contributed by atoms with Gasteiger partial charge in [0.1, 0.15) is 0 Å². The van der Waals surface area contributed by atoms with Crippen LogP contribution in [0.2, 0.25) is 0 Å². The summed E-state index contributed by atoms with van der Waals surface area (Å²) in [6, 6.07) is 0. The molecule has 0 atom stereocenters. The van der Waals surface area contributed by atoms with Gasteiger partial charge in [0, 0.05) is 19.4 Å².